The topological polar surface area (TPSA) is 32.3 Å². The van der Waals surface area contributed by atoms with Crippen LogP contribution in [0.2, 0.25) is 0 Å². The van der Waals surface area contributed by atoms with E-state index in [9.17, 15) is 4.79 Å². The third-order valence-corrected chi connectivity index (χ3v) is 7.15. The van der Waals surface area contributed by atoms with Crippen molar-refractivity contribution in [1.29, 1.82) is 0 Å². The second kappa shape index (κ2) is 6.27. The van der Waals surface area contributed by atoms with Crippen molar-refractivity contribution < 1.29 is 4.79 Å². The van der Waals surface area contributed by atoms with Gasteiger partial charge in [0.15, 0.2) is 0 Å². The molecule has 1 aliphatic carbocycles. The van der Waals surface area contributed by atoms with Gasteiger partial charge in [-0.3, -0.25) is 4.79 Å². The average Bonchev–Trinajstić information content (AvgIpc) is 3.41. The predicted octanol–water partition coefficient (Wildman–Crippen LogP) is 5.12. The van der Waals surface area contributed by atoms with Crippen LogP contribution < -0.4 is 5.32 Å². The molecule has 26 heavy (non-hydrogen) atoms. The molecule has 1 amide bonds. The number of rotatable bonds is 2. The number of hydrogen-bond acceptors (Lipinski definition) is 3. The van der Waals surface area contributed by atoms with Gasteiger partial charge in [-0.25, -0.2) is 0 Å². The molecule has 3 heterocycles. The highest BCUT2D eigenvalue weighted by atomic mass is 32.1. The molecule has 2 aromatic rings. The summed E-state index contributed by atoms with van der Waals surface area (Å²) in [4.78, 5) is 17.6. The fourth-order valence-electron chi connectivity index (χ4n) is 4.73. The van der Waals surface area contributed by atoms with E-state index >= 15 is 0 Å². The van der Waals surface area contributed by atoms with Crippen LogP contribution in [0, 0.1) is 12.8 Å². The van der Waals surface area contributed by atoms with Gasteiger partial charge in [0.2, 0.25) is 0 Å². The number of likely N-dealkylation sites (tertiary alicyclic amines) is 1. The Balaban J connectivity index is 1.50. The van der Waals surface area contributed by atoms with Gasteiger partial charge in [0, 0.05) is 40.0 Å². The van der Waals surface area contributed by atoms with Crippen molar-refractivity contribution in [2.75, 3.05) is 18.4 Å². The molecule has 2 aliphatic heterocycles. The molecule has 1 saturated heterocycles. The first-order valence-corrected chi connectivity index (χ1v) is 10.4. The number of benzene rings is 1. The number of nitrogens with zero attached hydrogens (tertiary/aromatic N) is 1. The highest BCUT2D eigenvalue weighted by Gasteiger charge is 2.38. The van der Waals surface area contributed by atoms with E-state index in [2.05, 4.69) is 48.7 Å². The Morgan fingerprint density at radius 1 is 1.19 bits per heavy atom. The van der Waals surface area contributed by atoms with E-state index < -0.39 is 0 Å². The number of thiophene rings is 1. The zero-order valence-electron chi connectivity index (χ0n) is 15.1. The van der Waals surface area contributed by atoms with E-state index in [0.717, 1.165) is 37.9 Å². The van der Waals surface area contributed by atoms with Crippen molar-refractivity contribution in [2.24, 2.45) is 5.92 Å². The van der Waals surface area contributed by atoms with Crippen molar-refractivity contribution in [2.45, 2.75) is 38.1 Å². The molecule has 0 radical (unpaired) electrons. The molecule has 4 heteroatoms. The summed E-state index contributed by atoms with van der Waals surface area (Å²) < 4.78 is 0. The molecule has 3 nitrogen and oxygen atoms in total. The van der Waals surface area contributed by atoms with Gasteiger partial charge in [0.05, 0.1) is 6.04 Å². The van der Waals surface area contributed by atoms with Gasteiger partial charge >= 0.3 is 0 Å². The first kappa shape index (κ1) is 16.1. The molecular weight excluding hydrogens is 340 g/mol. The Morgan fingerprint density at radius 3 is 2.81 bits per heavy atom. The average molecular weight is 365 g/mol. The van der Waals surface area contributed by atoms with E-state index in [-0.39, 0.29) is 5.91 Å². The lowest BCUT2D eigenvalue weighted by Gasteiger charge is -2.37. The summed E-state index contributed by atoms with van der Waals surface area (Å²) in [7, 11) is 0. The van der Waals surface area contributed by atoms with Crippen molar-refractivity contribution in [1.82, 2.24) is 4.90 Å². The van der Waals surface area contributed by atoms with E-state index in [1.54, 1.807) is 0 Å². The monoisotopic (exact) mass is 364 g/mol. The molecule has 1 aromatic carbocycles. The molecular formula is C22H24N2OS. The number of aryl methyl sites for hydroxylation is 1. The molecule has 5 rings (SSSR count). The second-order valence-corrected chi connectivity index (χ2v) is 9.04. The standard InChI is InChI=1S/C22H24N2OS/c1-14-7-10-20(26-14)21-17-6-4-5-16(17)18-13-15(8-9-19(18)23-21)22(25)24-11-2-3-12-24/h4-5,7-10,13,16-17,21,23H,2-3,6,11-12H2,1H3. The molecule has 0 bridgehead atoms. The summed E-state index contributed by atoms with van der Waals surface area (Å²) in [6.45, 7) is 3.98. The molecule has 0 saturated carbocycles. The number of nitrogens with one attached hydrogen (secondary N) is 1. The number of carbonyl (C=O) groups excluding carboxylic acids is 1. The van der Waals surface area contributed by atoms with Crippen LogP contribution in [0.3, 0.4) is 0 Å². The minimum Gasteiger partial charge on any atom is -0.377 e. The van der Waals surface area contributed by atoms with Crippen LogP contribution in [0.4, 0.5) is 5.69 Å². The summed E-state index contributed by atoms with van der Waals surface area (Å²) in [5.74, 6) is 1.14. The highest BCUT2D eigenvalue weighted by molar-refractivity contribution is 7.12. The van der Waals surface area contributed by atoms with E-state index in [4.69, 9.17) is 0 Å². The Bertz CT molecular complexity index is 878. The van der Waals surface area contributed by atoms with Gasteiger partial charge in [-0.05, 0) is 68.0 Å². The van der Waals surface area contributed by atoms with Crippen LogP contribution in [-0.2, 0) is 0 Å². The highest BCUT2D eigenvalue weighted by Crippen LogP contribution is 2.50. The van der Waals surface area contributed by atoms with Crippen LogP contribution in [0.25, 0.3) is 0 Å². The maximum Gasteiger partial charge on any atom is 0.253 e. The Labute approximate surface area is 158 Å². The summed E-state index contributed by atoms with van der Waals surface area (Å²) in [5, 5.41) is 3.78. The molecule has 1 N–H and O–H groups in total. The van der Waals surface area contributed by atoms with Crippen LogP contribution in [0.15, 0.2) is 42.5 Å². The molecule has 1 aromatic heterocycles. The third-order valence-electron chi connectivity index (χ3n) is 6.07. The summed E-state index contributed by atoms with van der Waals surface area (Å²) in [5.41, 5.74) is 3.32. The summed E-state index contributed by atoms with van der Waals surface area (Å²) in [6.07, 6.45) is 8.03. The number of anilines is 1. The smallest absolute Gasteiger partial charge is 0.253 e. The van der Waals surface area contributed by atoms with Gasteiger partial charge in [-0.1, -0.05) is 12.2 Å². The first-order valence-electron chi connectivity index (χ1n) is 9.63. The van der Waals surface area contributed by atoms with Gasteiger partial charge in [0.25, 0.3) is 5.91 Å². The molecule has 1 fully saturated rings. The normalized spacial score (nSPS) is 26.5. The van der Waals surface area contributed by atoms with Gasteiger partial charge < -0.3 is 10.2 Å². The number of fused-ring (bicyclic) bond motifs is 3. The maximum absolute atomic E-state index is 12.8. The van der Waals surface area contributed by atoms with Gasteiger partial charge in [-0.15, -0.1) is 11.3 Å². The fraction of sp³-hybridized carbons (Fsp3) is 0.409. The molecule has 134 valence electrons. The summed E-state index contributed by atoms with van der Waals surface area (Å²) >= 11 is 1.89. The van der Waals surface area contributed by atoms with Crippen LogP contribution in [-0.4, -0.2) is 23.9 Å². The van der Waals surface area contributed by atoms with Crippen molar-refractivity contribution >= 4 is 22.9 Å². The van der Waals surface area contributed by atoms with E-state index in [0.29, 0.717) is 17.9 Å². The number of hydrogen-bond donors (Lipinski definition) is 1. The van der Waals surface area contributed by atoms with E-state index in [1.165, 1.54) is 21.0 Å². The lowest BCUT2D eigenvalue weighted by molar-refractivity contribution is 0.0792. The SMILES string of the molecule is Cc1ccc(C2Nc3ccc(C(=O)N4CCCC4)cc3C3C=CCC32)s1. The lowest BCUT2D eigenvalue weighted by atomic mass is 9.78. The zero-order valence-corrected chi connectivity index (χ0v) is 15.9. The van der Waals surface area contributed by atoms with Crippen LogP contribution in [0.5, 0.6) is 0 Å². The number of allylic oxidation sites excluding steroid dienone is 2. The molecule has 3 atom stereocenters. The van der Waals surface area contributed by atoms with Crippen molar-refractivity contribution in [3.63, 3.8) is 0 Å². The van der Waals surface area contributed by atoms with Crippen LogP contribution in [0.1, 0.15) is 56.9 Å². The minimum absolute atomic E-state index is 0.194. The van der Waals surface area contributed by atoms with Crippen molar-refractivity contribution in [3.05, 3.63) is 63.4 Å². The molecule has 3 unspecified atom stereocenters. The minimum atomic E-state index is 0.194. The quantitative estimate of drug-likeness (QED) is 0.750. The second-order valence-electron chi connectivity index (χ2n) is 7.73. The Morgan fingerprint density at radius 2 is 2.04 bits per heavy atom. The van der Waals surface area contributed by atoms with Gasteiger partial charge in [-0.2, -0.15) is 0 Å². The number of carbonyl (C=O) groups is 1. The van der Waals surface area contributed by atoms with E-state index in [1.807, 2.05) is 22.3 Å². The Hall–Kier alpha value is -2.07. The first-order chi connectivity index (χ1) is 12.7. The van der Waals surface area contributed by atoms with Crippen LogP contribution >= 0.6 is 11.3 Å². The van der Waals surface area contributed by atoms with Gasteiger partial charge in [0.1, 0.15) is 0 Å². The third kappa shape index (κ3) is 2.59. The maximum atomic E-state index is 12.8. The number of amides is 1. The molecule has 0 spiro atoms. The summed E-state index contributed by atoms with van der Waals surface area (Å²) in [6, 6.07) is 11.1. The zero-order chi connectivity index (χ0) is 17.7. The fourth-order valence-corrected chi connectivity index (χ4v) is 5.74. The lowest BCUT2D eigenvalue weighted by Crippen LogP contribution is -2.30. The molecule has 3 aliphatic rings. The predicted molar refractivity (Wildman–Crippen MR) is 107 cm³/mol. The van der Waals surface area contributed by atoms with Crippen molar-refractivity contribution in [3.8, 4) is 0 Å². The largest absolute Gasteiger partial charge is 0.377 e. The Kier molecular flexibility index (Phi) is 3.89.